The van der Waals surface area contributed by atoms with Crippen LogP contribution in [0.3, 0.4) is 0 Å². The van der Waals surface area contributed by atoms with Crippen LogP contribution in [-0.2, 0) is 0 Å². The van der Waals surface area contributed by atoms with Crippen molar-refractivity contribution >= 4 is 0 Å². The maximum atomic E-state index is 12.1. The highest BCUT2D eigenvalue weighted by atomic mass is 19.1. The van der Waals surface area contributed by atoms with Crippen molar-refractivity contribution in [2.45, 2.75) is 32.9 Å². The molecule has 0 spiro atoms. The Hall–Kier alpha value is -0.110. The molecule has 2 heteroatoms. The van der Waals surface area contributed by atoms with Crippen LogP contribution >= 0.6 is 0 Å². The van der Waals surface area contributed by atoms with Gasteiger partial charge in [0.05, 0.1) is 0 Å². The summed E-state index contributed by atoms with van der Waals surface area (Å²) in [6, 6.07) is 0. The molecule has 0 bridgehead atoms. The normalized spacial score (nSPS) is 26.3. The molecular formula is C7H16FN. The third-order valence-electron chi connectivity index (χ3n) is 1.24. The van der Waals surface area contributed by atoms with Gasteiger partial charge in [-0.3, -0.25) is 0 Å². The zero-order valence-corrected chi connectivity index (χ0v) is 6.28. The zero-order valence-electron chi connectivity index (χ0n) is 6.28. The molecule has 0 aromatic carbocycles. The molecule has 9 heavy (non-hydrogen) atoms. The van der Waals surface area contributed by atoms with Crippen molar-refractivity contribution in [3.63, 3.8) is 0 Å². The summed E-state index contributed by atoms with van der Waals surface area (Å²) in [4.78, 5) is 0. The third kappa shape index (κ3) is 4.40. The van der Waals surface area contributed by atoms with Gasteiger partial charge in [-0.2, -0.15) is 0 Å². The molecule has 1 atom stereocenters. The summed E-state index contributed by atoms with van der Waals surface area (Å²) in [5.41, 5.74) is 0. The fourth-order valence-corrected chi connectivity index (χ4v) is 0.809. The highest BCUT2D eigenvalue weighted by molar-refractivity contribution is 4.66. The van der Waals surface area contributed by atoms with E-state index in [9.17, 15) is 4.39 Å². The summed E-state index contributed by atoms with van der Waals surface area (Å²) < 4.78 is 12.1. The number of halogens is 1. The number of rotatable bonds is 0. The molecule has 1 rings (SSSR count). The molecule has 0 amide bonds. The number of nitrogens with one attached hydrogen (secondary N) is 1. The average molecular weight is 133 g/mol. The molecule has 1 saturated heterocycles. The first-order chi connectivity index (χ1) is 4.39. The first-order valence-corrected chi connectivity index (χ1v) is 3.74. The van der Waals surface area contributed by atoms with Crippen molar-refractivity contribution in [2.24, 2.45) is 0 Å². The van der Waals surface area contributed by atoms with E-state index < -0.39 is 6.17 Å². The lowest BCUT2D eigenvalue weighted by molar-refractivity contribution is 0.266. The van der Waals surface area contributed by atoms with E-state index in [0.717, 1.165) is 19.4 Å². The summed E-state index contributed by atoms with van der Waals surface area (Å²) in [6.07, 6.45) is 1.18. The van der Waals surface area contributed by atoms with Crippen LogP contribution in [0.25, 0.3) is 0 Å². The van der Waals surface area contributed by atoms with Gasteiger partial charge in [-0.15, -0.1) is 0 Å². The Labute approximate surface area is 56.6 Å². The van der Waals surface area contributed by atoms with Crippen molar-refractivity contribution in [3.8, 4) is 0 Å². The molecular weight excluding hydrogens is 117 g/mol. The molecule has 1 aliphatic heterocycles. The van der Waals surface area contributed by atoms with Gasteiger partial charge in [0, 0.05) is 6.54 Å². The summed E-state index contributed by atoms with van der Waals surface area (Å²) >= 11 is 0. The fourth-order valence-electron chi connectivity index (χ4n) is 0.809. The van der Waals surface area contributed by atoms with Gasteiger partial charge in [0.15, 0.2) is 0 Å². The van der Waals surface area contributed by atoms with Crippen molar-refractivity contribution in [2.75, 3.05) is 13.1 Å². The van der Waals surface area contributed by atoms with Crippen molar-refractivity contribution in [3.05, 3.63) is 0 Å². The number of hydrogen-bond donors (Lipinski definition) is 1. The molecule has 0 saturated carbocycles. The molecule has 1 N–H and O–H groups in total. The predicted molar refractivity (Wildman–Crippen MR) is 38.3 cm³/mol. The maximum Gasteiger partial charge on any atom is 0.113 e. The Morgan fingerprint density at radius 3 is 2.33 bits per heavy atom. The smallest absolute Gasteiger partial charge is 0.113 e. The van der Waals surface area contributed by atoms with Gasteiger partial charge in [0.25, 0.3) is 0 Å². The Morgan fingerprint density at radius 1 is 1.44 bits per heavy atom. The van der Waals surface area contributed by atoms with Crippen molar-refractivity contribution in [1.29, 1.82) is 0 Å². The number of piperidine rings is 1. The molecule has 0 aromatic heterocycles. The van der Waals surface area contributed by atoms with Gasteiger partial charge in [-0.25, -0.2) is 4.39 Å². The van der Waals surface area contributed by atoms with E-state index in [4.69, 9.17) is 0 Å². The van der Waals surface area contributed by atoms with E-state index in [2.05, 4.69) is 5.32 Å². The second-order valence-electron chi connectivity index (χ2n) is 1.94. The van der Waals surface area contributed by atoms with Gasteiger partial charge in [-0.05, 0) is 19.4 Å². The van der Waals surface area contributed by atoms with E-state index in [-0.39, 0.29) is 0 Å². The molecule has 56 valence electrons. The molecule has 0 aliphatic carbocycles. The van der Waals surface area contributed by atoms with Gasteiger partial charge in [0.1, 0.15) is 6.17 Å². The number of alkyl halides is 1. The van der Waals surface area contributed by atoms with E-state index in [0.29, 0.717) is 6.54 Å². The van der Waals surface area contributed by atoms with Crippen LogP contribution in [0.5, 0.6) is 0 Å². The van der Waals surface area contributed by atoms with E-state index in [1.807, 2.05) is 13.8 Å². The standard InChI is InChI=1S/C5H10FN.C2H6/c6-5-2-1-3-7-4-5;1-2/h5,7H,1-4H2;1-2H3. The highest BCUT2D eigenvalue weighted by Gasteiger charge is 2.08. The predicted octanol–water partition coefficient (Wildman–Crippen LogP) is 1.73. The molecule has 1 fully saturated rings. The monoisotopic (exact) mass is 133 g/mol. The molecule has 0 radical (unpaired) electrons. The molecule has 0 aromatic rings. The SMILES string of the molecule is CC.FC1CCCNC1. The average Bonchev–Trinajstić information content (AvgIpc) is 1.94. The van der Waals surface area contributed by atoms with Crippen LogP contribution < -0.4 is 5.32 Å². The van der Waals surface area contributed by atoms with Crippen LogP contribution in [0.4, 0.5) is 4.39 Å². The van der Waals surface area contributed by atoms with E-state index in [1.54, 1.807) is 0 Å². The minimum Gasteiger partial charge on any atom is -0.314 e. The topological polar surface area (TPSA) is 12.0 Å². The van der Waals surface area contributed by atoms with Gasteiger partial charge >= 0.3 is 0 Å². The van der Waals surface area contributed by atoms with Crippen LogP contribution in [0.2, 0.25) is 0 Å². The highest BCUT2D eigenvalue weighted by Crippen LogP contribution is 2.03. The first kappa shape index (κ1) is 8.89. The Kier molecular flexibility index (Phi) is 5.94. The lowest BCUT2D eigenvalue weighted by Gasteiger charge is -2.14. The minimum atomic E-state index is -0.575. The van der Waals surface area contributed by atoms with Crippen LogP contribution in [-0.4, -0.2) is 19.3 Å². The largest absolute Gasteiger partial charge is 0.314 e. The first-order valence-electron chi connectivity index (χ1n) is 3.74. The second kappa shape index (κ2) is 6.02. The minimum absolute atomic E-state index is 0.569. The van der Waals surface area contributed by atoms with Crippen molar-refractivity contribution < 1.29 is 4.39 Å². The van der Waals surface area contributed by atoms with Gasteiger partial charge in [-0.1, -0.05) is 13.8 Å². The molecule has 1 heterocycles. The van der Waals surface area contributed by atoms with E-state index >= 15 is 0 Å². The zero-order chi connectivity index (χ0) is 7.11. The van der Waals surface area contributed by atoms with Crippen LogP contribution in [0, 0.1) is 0 Å². The summed E-state index contributed by atoms with van der Waals surface area (Å²) in [5, 5.41) is 2.96. The maximum absolute atomic E-state index is 12.1. The van der Waals surface area contributed by atoms with Gasteiger partial charge in [0.2, 0.25) is 0 Å². The van der Waals surface area contributed by atoms with Crippen molar-refractivity contribution in [1.82, 2.24) is 5.32 Å². The molecule has 1 unspecified atom stereocenters. The summed E-state index contributed by atoms with van der Waals surface area (Å²) in [7, 11) is 0. The Balaban J connectivity index is 0.000000291. The molecule has 1 nitrogen and oxygen atoms in total. The Bertz CT molecular complexity index is 50.9. The van der Waals surface area contributed by atoms with Crippen LogP contribution in [0.15, 0.2) is 0 Å². The number of hydrogen-bond acceptors (Lipinski definition) is 1. The van der Waals surface area contributed by atoms with Gasteiger partial charge < -0.3 is 5.32 Å². The quantitative estimate of drug-likeness (QED) is 0.530. The summed E-state index contributed by atoms with van der Waals surface area (Å²) in [6.45, 7) is 5.57. The van der Waals surface area contributed by atoms with Crippen LogP contribution in [0.1, 0.15) is 26.7 Å². The lowest BCUT2D eigenvalue weighted by atomic mass is 10.1. The van der Waals surface area contributed by atoms with E-state index in [1.165, 1.54) is 0 Å². The Morgan fingerprint density at radius 2 is 2.11 bits per heavy atom. The fraction of sp³-hybridized carbons (Fsp3) is 1.00. The lowest BCUT2D eigenvalue weighted by Crippen LogP contribution is -2.30. The second-order valence-corrected chi connectivity index (χ2v) is 1.94. The summed E-state index contributed by atoms with van der Waals surface area (Å²) in [5.74, 6) is 0. The molecule has 1 aliphatic rings. The third-order valence-corrected chi connectivity index (χ3v) is 1.24.